The number of sulfonamides is 1. The van der Waals surface area contributed by atoms with Crippen LogP contribution >= 0.6 is 11.6 Å². The summed E-state index contributed by atoms with van der Waals surface area (Å²) in [7, 11) is -3.64. The average molecular weight is 600 g/mol. The number of rotatable bonds is 11. The molecule has 0 aliphatic carbocycles. The van der Waals surface area contributed by atoms with Crippen molar-refractivity contribution >= 4 is 33.4 Å². The molecule has 1 aliphatic rings. The first-order valence-corrected chi connectivity index (χ1v) is 15.1. The minimum absolute atomic E-state index is 0.140. The molecule has 41 heavy (non-hydrogen) atoms. The van der Waals surface area contributed by atoms with Crippen molar-refractivity contribution in [1.29, 1.82) is 0 Å². The van der Waals surface area contributed by atoms with Gasteiger partial charge < -0.3 is 19.7 Å². The number of benzene rings is 3. The summed E-state index contributed by atoms with van der Waals surface area (Å²) in [6.45, 7) is 5.16. The van der Waals surface area contributed by atoms with Crippen molar-refractivity contribution in [3.63, 3.8) is 0 Å². The Labute approximate surface area is 246 Å². The van der Waals surface area contributed by atoms with Crippen LogP contribution in [0.4, 0.5) is 0 Å². The van der Waals surface area contributed by atoms with E-state index in [1.807, 2.05) is 31.2 Å². The van der Waals surface area contributed by atoms with Gasteiger partial charge in [-0.1, -0.05) is 53.6 Å². The second kappa shape index (κ2) is 14.0. The van der Waals surface area contributed by atoms with Crippen LogP contribution in [-0.2, 0) is 37.4 Å². The van der Waals surface area contributed by atoms with E-state index in [2.05, 4.69) is 5.32 Å². The topological polar surface area (TPSA) is 105 Å². The molecule has 1 aliphatic heterocycles. The molecule has 3 aromatic carbocycles. The maximum Gasteiger partial charge on any atom is 0.261 e. The molecular weight excluding hydrogens is 566 g/mol. The zero-order valence-corrected chi connectivity index (χ0v) is 24.7. The van der Waals surface area contributed by atoms with E-state index in [4.69, 9.17) is 21.1 Å². The molecule has 1 atom stereocenters. The first-order chi connectivity index (χ1) is 19.6. The minimum atomic E-state index is -3.64. The molecule has 1 heterocycles. The third-order valence-electron chi connectivity index (χ3n) is 6.81. The molecular formula is C30H34ClN3O6S. The smallest absolute Gasteiger partial charge is 0.261 e. The highest BCUT2D eigenvalue weighted by molar-refractivity contribution is 7.89. The van der Waals surface area contributed by atoms with Gasteiger partial charge in [0.25, 0.3) is 5.91 Å². The predicted molar refractivity (Wildman–Crippen MR) is 156 cm³/mol. The molecule has 0 radical (unpaired) electrons. The number of amides is 2. The van der Waals surface area contributed by atoms with Crippen LogP contribution in [0, 0.1) is 6.92 Å². The lowest BCUT2D eigenvalue weighted by atomic mass is 10.1. The molecule has 1 fully saturated rings. The van der Waals surface area contributed by atoms with Gasteiger partial charge in [0, 0.05) is 31.2 Å². The fourth-order valence-corrected chi connectivity index (χ4v) is 5.82. The van der Waals surface area contributed by atoms with Crippen molar-refractivity contribution in [3.8, 4) is 5.75 Å². The van der Waals surface area contributed by atoms with Crippen LogP contribution in [0.2, 0.25) is 5.02 Å². The number of ether oxygens (including phenoxy) is 2. The van der Waals surface area contributed by atoms with E-state index in [0.29, 0.717) is 43.6 Å². The fraction of sp³-hybridized carbons (Fsp3) is 0.333. The molecule has 3 aromatic rings. The quantitative estimate of drug-likeness (QED) is 0.360. The van der Waals surface area contributed by atoms with Crippen molar-refractivity contribution in [2.45, 2.75) is 37.9 Å². The molecule has 1 saturated heterocycles. The van der Waals surface area contributed by atoms with Crippen molar-refractivity contribution < 1.29 is 27.5 Å². The summed E-state index contributed by atoms with van der Waals surface area (Å²) in [6.07, 6.45) is 0. The van der Waals surface area contributed by atoms with Gasteiger partial charge in [-0.2, -0.15) is 4.31 Å². The van der Waals surface area contributed by atoms with Crippen molar-refractivity contribution in [3.05, 3.63) is 94.5 Å². The van der Waals surface area contributed by atoms with Crippen molar-refractivity contribution in [1.82, 2.24) is 14.5 Å². The normalized spacial score (nSPS) is 14.7. The molecule has 9 nitrogen and oxygen atoms in total. The van der Waals surface area contributed by atoms with Gasteiger partial charge in [0.1, 0.15) is 11.8 Å². The number of carbonyl (C=O) groups is 2. The maximum absolute atomic E-state index is 13.4. The van der Waals surface area contributed by atoms with E-state index in [-0.39, 0.29) is 24.0 Å². The summed E-state index contributed by atoms with van der Waals surface area (Å²) in [4.78, 5) is 28.0. The first kappa shape index (κ1) is 30.5. The van der Waals surface area contributed by atoms with Crippen LogP contribution in [0.3, 0.4) is 0 Å². The SMILES string of the molecule is Cc1ccc(CNC(=O)[C@@H](C)N(Cc2ccc(Cl)cc2)C(=O)COc2ccc(S(=O)(=O)N3CCOCC3)cc2)cc1. The van der Waals surface area contributed by atoms with E-state index >= 15 is 0 Å². The predicted octanol–water partition coefficient (Wildman–Crippen LogP) is 3.78. The number of morpholine rings is 1. The van der Waals surface area contributed by atoms with Crippen molar-refractivity contribution in [2.75, 3.05) is 32.9 Å². The van der Waals surface area contributed by atoms with Gasteiger partial charge in [-0.15, -0.1) is 0 Å². The van der Waals surface area contributed by atoms with E-state index in [0.717, 1.165) is 16.7 Å². The summed E-state index contributed by atoms with van der Waals surface area (Å²) in [5.41, 5.74) is 2.88. The summed E-state index contributed by atoms with van der Waals surface area (Å²) in [5.74, 6) is -0.365. The van der Waals surface area contributed by atoms with E-state index < -0.39 is 22.0 Å². The van der Waals surface area contributed by atoms with Crippen LogP contribution in [0.25, 0.3) is 0 Å². The lowest BCUT2D eigenvalue weighted by molar-refractivity contribution is -0.142. The Kier molecular flexibility index (Phi) is 10.4. The molecule has 2 amide bonds. The van der Waals surface area contributed by atoms with Gasteiger partial charge in [0.15, 0.2) is 6.61 Å². The number of aryl methyl sites for hydroxylation is 1. The third-order valence-corrected chi connectivity index (χ3v) is 8.98. The number of halogens is 1. The number of nitrogens with one attached hydrogen (secondary N) is 1. The zero-order chi connectivity index (χ0) is 29.4. The molecule has 0 unspecified atom stereocenters. The second-order valence-electron chi connectivity index (χ2n) is 9.80. The molecule has 0 aromatic heterocycles. The van der Waals surface area contributed by atoms with E-state index in [1.165, 1.54) is 33.5 Å². The summed E-state index contributed by atoms with van der Waals surface area (Å²) >= 11 is 6.02. The molecule has 11 heteroatoms. The molecule has 0 bridgehead atoms. The van der Waals surface area contributed by atoms with Gasteiger partial charge in [0.05, 0.1) is 18.1 Å². The lowest BCUT2D eigenvalue weighted by Gasteiger charge is -2.29. The first-order valence-electron chi connectivity index (χ1n) is 13.3. The largest absolute Gasteiger partial charge is 0.484 e. The average Bonchev–Trinajstić information content (AvgIpc) is 2.99. The Bertz CT molecular complexity index is 1420. The lowest BCUT2D eigenvalue weighted by Crippen LogP contribution is -2.48. The molecule has 1 N–H and O–H groups in total. The third kappa shape index (κ3) is 8.29. The van der Waals surface area contributed by atoms with Crippen LogP contribution in [-0.4, -0.2) is 68.4 Å². The highest BCUT2D eigenvalue weighted by Crippen LogP contribution is 2.21. The van der Waals surface area contributed by atoms with E-state index in [1.54, 1.807) is 31.2 Å². The Hall–Kier alpha value is -3.44. The summed E-state index contributed by atoms with van der Waals surface area (Å²) in [6, 6.07) is 20.1. The molecule has 4 rings (SSSR count). The van der Waals surface area contributed by atoms with Crippen LogP contribution in [0.1, 0.15) is 23.6 Å². The van der Waals surface area contributed by atoms with Gasteiger partial charge in [-0.25, -0.2) is 8.42 Å². The molecule has 0 saturated carbocycles. The number of nitrogens with zero attached hydrogens (tertiary/aromatic N) is 2. The highest BCUT2D eigenvalue weighted by atomic mass is 35.5. The maximum atomic E-state index is 13.4. The van der Waals surface area contributed by atoms with E-state index in [9.17, 15) is 18.0 Å². The fourth-order valence-electron chi connectivity index (χ4n) is 4.28. The highest BCUT2D eigenvalue weighted by Gasteiger charge is 2.28. The number of hydrogen-bond acceptors (Lipinski definition) is 6. The summed E-state index contributed by atoms with van der Waals surface area (Å²) < 4.78 is 38.1. The Morgan fingerprint density at radius 3 is 2.22 bits per heavy atom. The molecule has 218 valence electrons. The van der Waals surface area contributed by atoms with Gasteiger partial charge in [-0.05, 0) is 61.4 Å². The summed E-state index contributed by atoms with van der Waals surface area (Å²) in [5, 5.41) is 3.47. The van der Waals surface area contributed by atoms with Crippen LogP contribution in [0.5, 0.6) is 5.75 Å². The molecule has 0 spiro atoms. The second-order valence-corrected chi connectivity index (χ2v) is 12.2. The number of hydrogen-bond donors (Lipinski definition) is 1. The Morgan fingerprint density at radius 2 is 1.59 bits per heavy atom. The van der Waals surface area contributed by atoms with Crippen molar-refractivity contribution in [2.24, 2.45) is 0 Å². The van der Waals surface area contributed by atoms with Crippen LogP contribution in [0.15, 0.2) is 77.7 Å². The zero-order valence-electron chi connectivity index (χ0n) is 23.1. The van der Waals surface area contributed by atoms with Gasteiger partial charge in [0.2, 0.25) is 15.9 Å². The van der Waals surface area contributed by atoms with Gasteiger partial charge in [-0.3, -0.25) is 9.59 Å². The standard InChI is InChI=1S/C30H34ClN3O6S/c1-22-3-5-24(6-4-22)19-32-30(36)23(2)34(20-25-7-9-26(31)10-8-25)29(35)21-40-27-11-13-28(14-12-27)41(37,38)33-15-17-39-18-16-33/h3-14,23H,15-21H2,1-2H3,(H,32,36)/t23-/m1/s1. The van der Waals surface area contributed by atoms with Crippen LogP contribution < -0.4 is 10.1 Å². The monoisotopic (exact) mass is 599 g/mol. The Balaban J connectivity index is 1.41. The Morgan fingerprint density at radius 1 is 0.976 bits per heavy atom. The van der Waals surface area contributed by atoms with Gasteiger partial charge >= 0.3 is 0 Å². The number of carbonyl (C=O) groups excluding carboxylic acids is 2. The minimum Gasteiger partial charge on any atom is -0.484 e.